The molecular formula is C23H22N2O4S. The molecule has 1 aliphatic carbocycles. The van der Waals surface area contributed by atoms with Crippen molar-refractivity contribution in [2.45, 2.75) is 31.4 Å². The average Bonchev–Trinajstić information content (AvgIpc) is 3.34. The molecule has 2 aromatic carbocycles. The first-order chi connectivity index (χ1) is 14.7. The number of nitrogens with zero attached hydrogens (tertiary/aromatic N) is 1. The molecule has 0 spiro atoms. The predicted octanol–water partition coefficient (Wildman–Crippen LogP) is 5.33. The van der Waals surface area contributed by atoms with Crippen LogP contribution >= 0.6 is 11.8 Å². The van der Waals surface area contributed by atoms with Crippen LogP contribution in [0.1, 0.15) is 29.9 Å². The van der Waals surface area contributed by atoms with Crippen LogP contribution in [-0.2, 0) is 23.4 Å². The van der Waals surface area contributed by atoms with E-state index in [1.807, 2.05) is 36.4 Å². The summed E-state index contributed by atoms with van der Waals surface area (Å²) in [6, 6.07) is 11.6. The summed E-state index contributed by atoms with van der Waals surface area (Å²) in [4.78, 5) is 12.5. The molecule has 7 heteroatoms. The van der Waals surface area contributed by atoms with Crippen molar-refractivity contribution in [1.82, 2.24) is 5.16 Å². The lowest BCUT2D eigenvalue weighted by molar-refractivity contribution is -0.113. The third-order valence-electron chi connectivity index (χ3n) is 5.48. The van der Waals surface area contributed by atoms with Crippen LogP contribution in [0.3, 0.4) is 0 Å². The normalized spacial score (nSPS) is 13.5. The van der Waals surface area contributed by atoms with Crippen molar-refractivity contribution in [3.05, 3.63) is 53.4 Å². The second-order valence-corrected chi connectivity index (χ2v) is 8.41. The summed E-state index contributed by atoms with van der Waals surface area (Å²) in [6.07, 6.45) is 4.33. The Bertz CT molecular complexity index is 1230. The number of amides is 1. The Balaban J connectivity index is 1.28. The molecule has 4 aromatic rings. The molecule has 2 aromatic heterocycles. The molecule has 2 heterocycles. The molecule has 1 amide bonds. The maximum atomic E-state index is 12.5. The van der Waals surface area contributed by atoms with Gasteiger partial charge in [0, 0.05) is 34.6 Å². The Kier molecular flexibility index (Phi) is 5.12. The second kappa shape index (κ2) is 8.07. The van der Waals surface area contributed by atoms with Gasteiger partial charge in [-0.15, -0.1) is 11.8 Å². The number of aryl methyl sites for hydroxylation is 1. The Morgan fingerprint density at radius 1 is 1.17 bits per heavy atom. The Hall–Kier alpha value is -2.93. The Morgan fingerprint density at radius 3 is 2.93 bits per heavy atom. The molecule has 5 rings (SSSR count). The molecule has 0 fully saturated rings. The van der Waals surface area contributed by atoms with Crippen LogP contribution in [0.25, 0.3) is 21.9 Å². The maximum Gasteiger partial charge on any atom is 0.234 e. The smallest absolute Gasteiger partial charge is 0.234 e. The van der Waals surface area contributed by atoms with Gasteiger partial charge in [0.25, 0.3) is 0 Å². The Morgan fingerprint density at radius 2 is 2.03 bits per heavy atom. The van der Waals surface area contributed by atoms with Crippen molar-refractivity contribution in [3.8, 4) is 5.75 Å². The van der Waals surface area contributed by atoms with E-state index >= 15 is 0 Å². The number of fused-ring (bicyclic) bond motifs is 4. The van der Waals surface area contributed by atoms with Crippen LogP contribution in [0.5, 0.6) is 5.75 Å². The van der Waals surface area contributed by atoms with Gasteiger partial charge in [-0.2, -0.15) is 0 Å². The van der Waals surface area contributed by atoms with Crippen LogP contribution in [0, 0.1) is 0 Å². The number of thioether (sulfide) groups is 1. The van der Waals surface area contributed by atoms with Crippen molar-refractivity contribution >= 4 is 45.3 Å². The number of carbonyl (C=O) groups excluding carboxylic acids is 1. The summed E-state index contributed by atoms with van der Waals surface area (Å²) >= 11 is 1.53. The number of benzene rings is 2. The van der Waals surface area contributed by atoms with Crippen molar-refractivity contribution in [3.63, 3.8) is 0 Å². The number of anilines is 1. The number of carbonyl (C=O) groups is 1. The lowest BCUT2D eigenvalue weighted by Crippen LogP contribution is -2.15. The van der Waals surface area contributed by atoms with E-state index in [2.05, 4.69) is 10.5 Å². The van der Waals surface area contributed by atoms with E-state index in [1.54, 1.807) is 7.11 Å². The topological polar surface area (TPSA) is 77.5 Å². The minimum atomic E-state index is -0.0916. The fraction of sp³-hybridized carbons (Fsp3) is 0.304. The van der Waals surface area contributed by atoms with Gasteiger partial charge in [0.2, 0.25) is 5.91 Å². The molecule has 154 valence electrons. The fourth-order valence-corrected chi connectivity index (χ4v) is 4.79. The fourth-order valence-electron chi connectivity index (χ4n) is 4.01. The van der Waals surface area contributed by atoms with Crippen LogP contribution in [0.2, 0.25) is 0 Å². The first-order valence-electron chi connectivity index (χ1n) is 10.1. The summed E-state index contributed by atoms with van der Waals surface area (Å²) < 4.78 is 16.9. The highest BCUT2D eigenvalue weighted by atomic mass is 32.2. The first kappa shape index (κ1) is 19.1. The second-order valence-electron chi connectivity index (χ2n) is 7.43. The van der Waals surface area contributed by atoms with Crippen LogP contribution in [0.4, 0.5) is 5.69 Å². The third kappa shape index (κ3) is 3.54. The molecule has 30 heavy (non-hydrogen) atoms. The van der Waals surface area contributed by atoms with Crippen LogP contribution < -0.4 is 10.1 Å². The van der Waals surface area contributed by atoms with E-state index in [-0.39, 0.29) is 5.91 Å². The molecular weight excluding hydrogens is 400 g/mol. The molecule has 0 aliphatic heterocycles. The van der Waals surface area contributed by atoms with E-state index in [1.165, 1.54) is 23.7 Å². The quantitative estimate of drug-likeness (QED) is 0.452. The summed E-state index contributed by atoms with van der Waals surface area (Å²) in [5, 5.41) is 9.14. The van der Waals surface area contributed by atoms with E-state index < -0.39 is 0 Å². The third-order valence-corrected chi connectivity index (χ3v) is 6.42. The maximum absolute atomic E-state index is 12.5. The van der Waals surface area contributed by atoms with Crippen molar-refractivity contribution in [2.75, 3.05) is 18.2 Å². The number of rotatable bonds is 6. The average molecular weight is 423 g/mol. The number of hydrogen-bond acceptors (Lipinski definition) is 6. The standard InChI is InChI=1S/C23H22N2O4S/c1-27-22-10-16-14-6-2-4-8-19(14)28-21(16)11-17(22)24-23(26)13-30-12-18-15-7-3-5-9-20(15)29-25-18/h2,4,6,8,10-11H,3,5,7,9,12-13H2,1H3,(H,24,26). The molecule has 0 unspecified atom stereocenters. The van der Waals surface area contributed by atoms with Gasteiger partial charge in [-0.25, -0.2) is 0 Å². The van der Waals surface area contributed by atoms with Gasteiger partial charge >= 0.3 is 0 Å². The van der Waals surface area contributed by atoms with Gasteiger partial charge in [-0.1, -0.05) is 23.4 Å². The van der Waals surface area contributed by atoms with Gasteiger partial charge in [-0.05, 0) is 31.4 Å². The SMILES string of the molecule is COc1cc2c(cc1NC(=O)CSCc1noc3c1CCCC3)oc1ccccc12. The number of nitrogens with one attached hydrogen (secondary N) is 1. The van der Waals surface area contributed by atoms with Crippen LogP contribution in [0.15, 0.2) is 45.3 Å². The highest BCUT2D eigenvalue weighted by Gasteiger charge is 2.19. The molecule has 1 aliphatic rings. The van der Waals surface area contributed by atoms with E-state index in [0.29, 0.717) is 28.5 Å². The number of aromatic nitrogens is 1. The zero-order valence-electron chi connectivity index (χ0n) is 16.7. The van der Waals surface area contributed by atoms with Crippen molar-refractivity contribution < 1.29 is 18.5 Å². The van der Waals surface area contributed by atoms with E-state index in [0.717, 1.165) is 47.1 Å². The Labute approximate surface area is 177 Å². The lowest BCUT2D eigenvalue weighted by atomic mass is 9.97. The molecule has 0 atom stereocenters. The summed E-state index contributed by atoms with van der Waals surface area (Å²) in [7, 11) is 1.60. The molecule has 1 N–H and O–H groups in total. The predicted molar refractivity (Wildman–Crippen MR) is 118 cm³/mol. The minimum absolute atomic E-state index is 0.0916. The van der Waals surface area contributed by atoms with E-state index in [4.69, 9.17) is 13.7 Å². The lowest BCUT2D eigenvalue weighted by Gasteiger charge is -2.11. The number of ether oxygens (including phenoxy) is 1. The van der Waals surface area contributed by atoms with Gasteiger partial charge < -0.3 is 19.0 Å². The zero-order valence-corrected chi connectivity index (χ0v) is 17.5. The molecule has 0 saturated heterocycles. The monoisotopic (exact) mass is 422 g/mol. The summed E-state index contributed by atoms with van der Waals surface area (Å²) in [6.45, 7) is 0. The summed E-state index contributed by atoms with van der Waals surface area (Å²) in [5.74, 6) is 2.53. The van der Waals surface area contributed by atoms with Crippen molar-refractivity contribution in [2.24, 2.45) is 0 Å². The number of para-hydroxylation sites is 1. The number of methoxy groups -OCH3 is 1. The first-order valence-corrected chi connectivity index (χ1v) is 11.2. The van der Waals surface area contributed by atoms with Gasteiger partial charge in [0.05, 0.1) is 24.2 Å². The molecule has 6 nitrogen and oxygen atoms in total. The number of hydrogen-bond donors (Lipinski definition) is 1. The minimum Gasteiger partial charge on any atom is -0.495 e. The largest absolute Gasteiger partial charge is 0.495 e. The highest BCUT2D eigenvalue weighted by Crippen LogP contribution is 2.36. The van der Waals surface area contributed by atoms with Gasteiger partial charge in [0.1, 0.15) is 22.7 Å². The highest BCUT2D eigenvalue weighted by molar-refractivity contribution is 7.99. The van der Waals surface area contributed by atoms with Gasteiger partial charge in [-0.3, -0.25) is 4.79 Å². The van der Waals surface area contributed by atoms with E-state index in [9.17, 15) is 4.79 Å². The van der Waals surface area contributed by atoms with Gasteiger partial charge in [0.15, 0.2) is 0 Å². The molecule has 0 bridgehead atoms. The van der Waals surface area contributed by atoms with Crippen LogP contribution in [-0.4, -0.2) is 23.9 Å². The molecule has 0 radical (unpaired) electrons. The summed E-state index contributed by atoms with van der Waals surface area (Å²) in [5.41, 5.74) is 4.35. The molecule has 0 saturated carbocycles. The zero-order chi connectivity index (χ0) is 20.5. The number of furan rings is 1. The van der Waals surface area contributed by atoms with Crippen molar-refractivity contribution in [1.29, 1.82) is 0 Å².